The fourth-order valence-electron chi connectivity index (χ4n) is 3.04. The van der Waals surface area contributed by atoms with Gasteiger partial charge in [-0.15, -0.1) is 5.10 Å². The summed E-state index contributed by atoms with van der Waals surface area (Å²) >= 11 is 0. The summed E-state index contributed by atoms with van der Waals surface area (Å²) < 4.78 is 44.0. The van der Waals surface area contributed by atoms with Crippen LogP contribution in [0.3, 0.4) is 0 Å². The van der Waals surface area contributed by atoms with Gasteiger partial charge in [-0.3, -0.25) is 4.79 Å². The molecule has 2 aromatic heterocycles. The lowest BCUT2D eigenvalue weighted by Crippen LogP contribution is -2.31. The maximum atomic E-state index is 12.8. The van der Waals surface area contributed by atoms with Crippen LogP contribution in [0.2, 0.25) is 0 Å². The Morgan fingerprint density at radius 2 is 1.97 bits per heavy atom. The second-order valence-electron chi connectivity index (χ2n) is 6.52. The lowest BCUT2D eigenvalue weighted by atomic mass is 10.2. The maximum absolute atomic E-state index is 12.8. The van der Waals surface area contributed by atoms with Gasteiger partial charge < -0.3 is 9.64 Å². The van der Waals surface area contributed by atoms with Gasteiger partial charge in [0.15, 0.2) is 5.69 Å². The number of pyridine rings is 1. The number of carbonyl (C=O) groups excluding carboxylic acids is 1. The average molecular weight is 403 g/mol. The predicted molar refractivity (Wildman–Crippen MR) is 95.5 cm³/mol. The molecule has 3 aromatic rings. The first-order valence-electron chi connectivity index (χ1n) is 8.87. The van der Waals surface area contributed by atoms with E-state index in [1.54, 1.807) is 0 Å². The number of likely N-dealkylation sites (tertiary alicyclic amines) is 1. The van der Waals surface area contributed by atoms with Crippen molar-refractivity contribution in [2.75, 3.05) is 13.1 Å². The SMILES string of the molecule is O=C(c1cnn(-c2ccccc2)n1)N1CC[C@H](Oc2cc(C(F)(F)F)ccn2)C1. The number of nitrogens with zero attached hydrogens (tertiary/aromatic N) is 5. The summed E-state index contributed by atoms with van der Waals surface area (Å²) in [5.41, 5.74) is 0.0856. The van der Waals surface area contributed by atoms with Gasteiger partial charge >= 0.3 is 6.18 Å². The fourth-order valence-corrected chi connectivity index (χ4v) is 3.04. The zero-order valence-electron chi connectivity index (χ0n) is 15.1. The zero-order valence-corrected chi connectivity index (χ0v) is 15.1. The minimum Gasteiger partial charge on any atom is -0.472 e. The smallest absolute Gasteiger partial charge is 0.416 e. The topological polar surface area (TPSA) is 73.1 Å². The van der Waals surface area contributed by atoms with Gasteiger partial charge in [-0.05, 0) is 18.2 Å². The number of carbonyl (C=O) groups is 1. The molecule has 1 fully saturated rings. The highest BCUT2D eigenvalue weighted by molar-refractivity contribution is 5.92. The molecule has 0 N–H and O–H groups in total. The molecule has 7 nitrogen and oxygen atoms in total. The Labute approximate surface area is 163 Å². The van der Waals surface area contributed by atoms with Crippen molar-refractivity contribution in [3.8, 4) is 11.6 Å². The summed E-state index contributed by atoms with van der Waals surface area (Å²) in [4.78, 5) is 19.4. The normalized spacial score (nSPS) is 16.8. The first-order valence-corrected chi connectivity index (χ1v) is 8.87. The molecule has 0 unspecified atom stereocenters. The molecule has 1 atom stereocenters. The van der Waals surface area contributed by atoms with Crippen molar-refractivity contribution in [2.24, 2.45) is 0 Å². The maximum Gasteiger partial charge on any atom is 0.416 e. The molecular formula is C19H16F3N5O2. The molecule has 4 rings (SSSR count). The fraction of sp³-hybridized carbons (Fsp3) is 0.263. The van der Waals surface area contributed by atoms with E-state index < -0.39 is 17.8 Å². The summed E-state index contributed by atoms with van der Waals surface area (Å²) in [5.74, 6) is -0.426. The molecule has 0 radical (unpaired) electrons. The number of hydrogen-bond acceptors (Lipinski definition) is 5. The Balaban J connectivity index is 1.40. The Hall–Kier alpha value is -3.43. The predicted octanol–water partition coefficient (Wildman–Crippen LogP) is 2.97. The number of rotatable bonds is 4. The quantitative estimate of drug-likeness (QED) is 0.670. The molecular weight excluding hydrogens is 387 g/mol. The van der Waals surface area contributed by atoms with Gasteiger partial charge in [0.25, 0.3) is 5.91 Å². The number of para-hydroxylation sites is 1. The van der Waals surface area contributed by atoms with Crippen LogP contribution >= 0.6 is 0 Å². The van der Waals surface area contributed by atoms with E-state index in [1.165, 1.54) is 15.9 Å². The molecule has 1 aliphatic heterocycles. The van der Waals surface area contributed by atoms with Crippen molar-refractivity contribution in [3.05, 3.63) is 66.1 Å². The number of alkyl halides is 3. The van der Waals surface area contributed by atoms with E-state index in [2.05, 4.69) is 15.2 Å². The van der Waals surface area contributed by atoms with E-state index >= 15 is 0 Å². The first kappa shape index (κ1) is 18.9. The number of hydrogen-bond donors (Lipinski definition) is 0. The zero-order chi connectivity index (χ0) is 20.4. The molecule has 29 heavy (non-hydrogen) atoms. The molecule has 10 heteroatoms. The lowest BCUT2D eigenvalue weighted by Gasteiger charge is -2.16. The minimum atomic E-state index is -4.47. The number of aromatic nitrogens is 4. The minimum absolute atomic E-state index is 0.117. The second-order valence-corrected chi connectivity index (χ2v) is 6.52. The molecule has 3 heterocycles. The van der Waals surface area contributed by atoms with Crippen molar-refractivity contribution < 1.29 is 22.7 Å². The van der Waals surface area contributed by atoms with Crippen LogP contribution in [-0.2, 0) is 6.18 Å². The van der Waals surface area contributed by atoms with Gasteiger partial charge in [0.2, 0.25) is 5.88 Å². The third kappa shape index (κ3) is 4.20. The van der Waals surface area contributed by atoms with Crippen LogP contribution in [0.5, 0.6) is 5.88 Å². The lowest BCUT2D eigenvalue weighted by molar-refractivity contribution is -0.137. The molecule has 1 aromatic carbocycles. The van der Waals surface area contributed by atoms with E-state index in [0.717, 1.165) is 24.0 Å². The van der Waals surface area contributed by atoms with E-state index in [0.29, 0.717) is 13.0 Å². The van der Waals surface area contributed by atoms with Crippen molar-refractivity contribution in [3.63, 3.8) is 0 Å². The van der Waals surface area contributed by atoms with Crippen LogP contribution in [0, 0.1) is 0 Å². The van der Waals surface area contributed by atoms with Gasteiger partial charge in [-0.1, -0.05) is 18.2 Å². The number of amides is 1. The molecule has 0 saturated carbocycles. The van der Waals surface area contributed by atoms with Gasteiger partial charge in [0, 0.05) is 25.2 Å². The third-order valence-electron chi connectivity index (χ3n) is 4.48. The summed E-state index contributed by atoms with van der Waals surface area (Å²) in [6, 6.07) is 10.9. The Morgan fingerprint density at radius 3 is 2.72 bits per heavy atom. The summed E-state index contributed by atoms with van der Waals surface area (Å²) in [7, 11) is 0. The monoisotopic (exact) mass is 403 g/mol. The molecule has 0 spiro atoms. The van der Waals surface area contributed by atoms with Crippen LogP contribution in [0.25, 0.3) is 5.69 Å². The summed E-state index contributed by atoms with van der Waals surface area (Å²) in [6.07, 6.45) is -1.99. The second kappa shape index (κ2) is 7.53. The van der Waals surface area contributed by atoms with Crippen molar-refractivity contribution >= 4 is 5.91 Å². The average Bonchev–Trinajstić information content (AvgIpc) is 3.38. The van der Waals surface area contributed by atoms with Crippen molar-refractivity contribution in [1.29, 1.82) is 0 Å². The molecule has 1 saturated heterocycles. The van der Waals surface area contributed by atoms with Crippen LogP contribution in [0.15, 0.2) is 54.9 Å². The largest absolute Gasteiger partial charge is 0.472 e. The highest BCUT2D eigenvalue weighted by Crippen LogP contribution is 2.31. The van der Waals surface area contributed by atoms with E-state index in [4.69, 9.17) is 4.74 Å². The molecule has 150 valence electrons. The highest BCUT2D eigenvalue weighted by atomic mass is 19.4. The molecule has 1 amide bonds. The number of halogens is 3. The summed E-state index contributed by atoms with van der Waals surface area (Å²) in [5, 5.41) is 8.32. The van der Waals surface area contributed by atoms with Crippen LogP contribution < -0.4 is 4.74 Å². The van der Waals surface area contributed by atoms with E-state index in [1.807, 2.05) is 30.3 Å². The highest BCUT2D eigenvalue weighted by Gasteiger charge is 2.33. The van der Waals surface area contributed by atoms with Gasteiger partial charge in [-0.2, -0.15) is 23.1 Å². The van der Waals surface area contributed by atoms with Crippen molar-refractivity contribution in [2.45, 2.75) is 18.7 Å². The molecule has 0 aliphatic carbocycles. The van der Waals surface area contributed by atoms with Crippen LogP contribution in [0.1, 0.15) is 22.5 Å². The number of ether oxygens (including phenoxy) is 1. The Kier molecular flexibility index (Phi) is 4.91. The first-order chi connectivity index (χ1) is 13.9. The Bertz CT molecular complexity index is 1010. The van der Waals surface area contributed by atoms with Gasteiger partial charge in [-0.25, -0.2) is 4.98 Å². The van der Waals surface area contributed by atoms with Gasteiger partial charge in [0.05, 0.1) is 24.0 Å². The third-order valence-corrected chi connectivity index (χ3v) is 4.48. The van der Waals surface area contributed by atoms with Gasteiger partial charge in [0.1, 0.15) is 6.10 Å². The number of benzene rings is 1. The summed E-state index contributed by atoms with van der Waals surface area (Å²) in [6.45, 7) is 0.635. The van der Waals surface area contributed by atoms with Crippen LogP contribution in [0.4, 0.5) is 13.2 Å². The molecule has 1 aliphatic rings. The standard InChI is InChI=1S/C19H16F3N5O2/c20-19(21,22)13-6-8-23-17(10-13)29-15-7-9-26(12-15)18(28)16-11-24-27(25-16)14-4-2-1-3-5-14/h1-6,8,10-11,15H,7,9,12H2/t15-/m0/s1. The molecule has 0 bridgehead atoms. The van der Waals surface area contributed by atoms with Crippen molar-refractivity contribution in [1.82, 2.24) is 24.9 Å². The van der Waals surface area contributed by atoms with Crippen LogP contribution in [-0.4, -0.2) is 50.0 Å². The van der Waals surface area contributed by atoms with E-state index in [-0.39, 0.29) is 24.0 Å². The Morgan fingerprint density at radius 1 is 1.17 bits per heavy atom. The van der Waals surface area contributed by atoms with E-state index in [9.17, 15) is 18.0 Å².